The molecule has 0 saturated heterocycles. The molecule has 0 bridgehead atoms. The number of benzene rings is 1. The van der Waals surface area contributed by atoms with Crippen LogP contribution in [-0.4, -0.2) is 34.6 Å². The van der Waals surface area contributed by atoms with E-state index in [1.165, 1.54) is 0 Å². The fourth-order valence-corrected chi connectivity index (χ4v) is 1.56. The zero-order chi connectivity index (χ0) is 12.1. The first-order chi connectivity index (χ1) is 7.54. The quantitative estimate of drug-likeness (QED) is 0.763. The van der Waals surface area contributed by atoms with Gasteiger partial charge >= 0.3 is 0 Å². The molecule has 1 unspecified atom stereocenters. The van der Waals surface area contributed by atoms with E-state index in [4.69, 9.17) is 14.9 Å². The lowest BCUT2D eigenvalue weighted by Crippen LogP contribution is -2.21. The molecular formula is C11H15BrO4. The molecule has 1 aromatic carbocycles. The minimum absolute atomic E-state index is 0.00727. The molecule has 1 aromatic rings. The lowest BCUT2D eigenvalue weighted by atomic mass is 10.1. The van der Waals surface area contributed by atoms with E-state index >= 15 is 0 Å². The van der Waals surface area contributed by atoms with Crippen LogP contribution in [0.5, 0.6) is 5.75 Å². The summed E-state index contributed by atoms with van der Waals surface area (Å²) in [5.41, 5.74) is 0.647. The fraction of sp³-hybridized carbons (Fsp3) is 0.455. The van der Waals surface area contributed by atoms with Crippen LogP contribution in [0.3, 0.4) is 0 Å². The Morgan fingerprint density at radius 1 is 1.38 bits per heavy atom. The van der Waals surface area contributed by atoms with Gasteiger partial charge in [0.05, 0.1) is 12.7 Å². The second kappa shape index (κ2) is 6.20. The molecule has 2 atom stereocenters. The Hall–Kier alpha value is -0.620. The minimum Gasteiger partial charge on any atom is -0.490 e. The molecule has 0 radical (unpaired) electrons. The predicted molar refractivity (Wildman–Crippen MR) is 63.4 cm³/mol. The van der Waals surface area contributed by atoms with Crippen molar-refractivity contribution >= 4 is 15.9 Å². The highest BCUT2D eigenvalue weighted by Crippen LogP contribution is 2.28. The van der Waals surface area contributed by atoms with Crippen molar-refractivity contribution in [3.8, 4) is 5.75 Å². The zero-order valence-electron chi connectivity index (χ0n) is 8.93. The third-order valence-corrected chi connectivity index (χ3v) is 2.56. The van der Waals surface area contributed by atoms with Crippen LogP contribution in [0.25, 0.3) is 0 Å². The van der Waals surface area contributed by atoms with Crippen molar-refractivity contribution in [2.24, 2.45) is 0 Å². The van der Waals surface area contributed by atoms with Crippen LogP contribution in [0.15, 0.2) is 22.7 Å². The fourth-order valence-electron chi connectivity index (χ4n) is 1.22. The second-order valence-corrected chi connectivity index (χ2v) is 4.42. The van der Waals surface area contributed by atoms with Crippen molar-refractivity contribution in [3.63, 3.8) is 0 Å². The van der Waals surface area contributed by atoms with Gasteiger partial charge in [0.2, 0.25) is 0 Å². The molecule has 0 amide bonds. The largest absolute Gasteiger partial charge is 0.490 e. The summed E-state index contributed by atoms with van der Waals surface area (Å²) in [5.74, 6) is 0.497. The standard InChI is InChI=1S/C11H15BrO4/c1-7(14)10-3-2-8(12)4-11(10)16-6-9(15)5-13/h2-4,7,9,13-15H,5-6H2,1H3/t7-,9?/m0/s1. The highest BCUT2D eigenvalue weighted by Gasteiger charge is 2.11. The third kappa shape index (κ3) is 3.75. The zero-order valence-corrected chi connectivity index (χ0v) is 10.5. The Bertz CT molecular complexity index is 341. The molecular weight excluding hydrogens is 276 g/mol. The van der Waals surface area contributed by atoms with Gasteiger partial charge in [0.15, 0.2) is 0 Å². The van der Waals surface area contributed by atoms with Gasteiger partial charge < -0.3 is 20.1 Å². The number of aliphatic hydroxyl groups excluding tert-OH is 3. The summed E-state index contributed by atoms with van der Waals surface area (Å²) in [4.78, 5) is 0. The average Bonchev–Trinajstić information content (AvgIpc) is 2.25. The predicted octanol–water partition coefficient (Wildman–Crippen LogP) is 1.23. The Labute approximate surface area is 103 Å². The second-order valence-electron chi connectivity index (χ2n) is 3.51. The van der Waals surface area contributed by atoms with Crippen molar-refractivity contribution in [2.75, 3.05) is 13.2 Å². The van der Waals surface area contributed by atoms with Crippen LogP contribution < -0.4 is 4.74 Å². The van der Waals surface area contributed by atoms with Gasteiger partial charge in [-0.1, -0.05) is 22.0 Å². The van der Waals surface area contributed by atoms with Crippen LogP contribution in [0.1, 0.15) is 18.6 Å². The highest BCUT2D eigenvalue weighted by atomic mass is 79.9. The monoisotopic (exact) mass is 290 g/mol. The molecule has 4 nitrogen and oxygen atoms in total. The first kappa shape index (κ1) is 13.4. The first-order valence-corrected chi connectivity index (χ1v) is 5.73. The number of halogens is 1. The lowest BCUT2D eigenvalue weighted by Gasteiger charge is -2.15. The number of aliphatic hydroxyl groups is 3. The molecule has 0 heterocycles. The number of hydrogen-bond donors (Lipinski definition) is 3. The van der Waals surface area contributed by atoms with Gasteiger partial charge in [-0.2, -0.15) is 0 Å². The van der Waals surface area contributed by atoms with Crippen LogP contribution in [0.2, 0.25) is 0 Å². The van der Waals surface area contributed by atoms with Crippen LogP contribution >= 0.6 is 15.9 Å². The van der Waals surface area contributed by atoms with Crippen LogP contribution in [0.4, 0.5) is 0 Å². The van der Waals surface area contributed by atoms with Gasteiger partial charge in [0, 0.05) is 10.0 Å². The Balaban J connectivity index is 2.80. The summed E-state index contributed by atoms with van der Waals surface area (Å²) in [5, 5.41) is 27.3. The molecule has 0 aliphatic carbocycles. The summed E-state index contributed by atoms with van der Waals surface area (Å²) in [6, 6.07) is 5.26. The molecule has 1 rings (SSSR count). The van der Waals surface area contributed by atoms with Crippen molar-refractivity contribution in [2.45, 2.75) is 19.1 Å². The van der Waals surface area contributed by atoms with E-state index in [-0.39, 0.29) is 13.2 Å². The summed E-state index contributed by atoms with van der Waals surface area (Å²) in [6.45, 7) is 1.28. The number of hydrogen-bond acceptors (Lipinski definition) is 4. The SMILES string of the molecule is C[C@H](O)c1ccc(Br)cc1OCC(O)CO. The molecule has 90 valence electrons. The van der Waals surface area contributed by atoms with Crippen LogP contribution in [-0.2, 0) is 0 Å². The Kier molecular flexibility index (Phi) is 5.21. The van der Waals surface area contributed by atoms with Crippen molar-refractivity contribution < 1.29 is 20.1 Å². The van der Waals surface area contributed by atoms with Gasteiger partial charge in [0.25, 0.3) is 0 Å². The lowest BCUT2D eigenvalue weighted by molar-refractivity contribution is 0.0523. The molecule has 5 heteroatoms. The van der Waals surface area contributed by atoms with E-state index in [2.05, 4.69) is 15.9 Å². The molecule has 0 fully saturated rings. The van der Waals surface area contributed by atoms with Crippen molar-refractivity contribution in [1.82, 2.24) is 0 Å². The van der Waals surface area contributed by atoms with Crippen LogP contribution in [0, 0.1) is 0 Å². The number of ether oxygens (including phenoxy) is 1. The van der Waals surface area contributed by atoms with E-state index in [1.54, 1.807) is 25.1 Å². The molecule has 0 aromatic heterocycles. The maximum atomic E-state index is 9.51. The smallest absolute Gasteiger partial charge is 0.126 e. The maximum Gasteiger partial charge on any atom is 0.126 e. The summed E-state index contributed by atoms with van der Waals surface area (Å²) >= 11 is 3.30. The number of rotatable bonds is 5. The van der Waals surface area contributed by atoms with E-state index in [9.17, 15) is 5.11 Å². The molecule has 3 N–H and O–H groups in total. The molecule has 0 aliphatic rings. The minimum atomic E-state index is -0.916. The van der Waals surface area contributed by atoms with Crippen molar-refractivity contribution in [1.29, 1.82) is 0 Å². The average molecular weight is 291 g/mol. The van der Waals surface area contributed by atoms with E-state index in [0.29, 0.717) is 11.3 Å². The summed E-state index contributed by atoms with van der Waals surface area (Å²) in [7, 11) is 0. The van der Waals surface area contributed by atoms with E-state index in [0.717, 1.165) is 4.47 Å². The molecule has 0 aliphatic heterocycles. The van der Waals surface area contributed by atoms with E-state index < -0.39 is 12.2 Å². The van der Waals surface area contributed by atoms with Gasteiger partial charge in [0.1, 0.15) is 18.5 Å². The molecule has 0 spiro atoms. The van der Waals surface area contributed by atoms with Gasteiger partial charge in [-0.05, 0) is 19.1 Å². The topological polar surface area (TPSA) is 69.9 Å². The Morgan fingerprint density at radius 3 is 2.62 bits per heavy atom. The van der Waals surface area contributed by atoms with Gasteiger partial charge in [-0.15, -0.1) is 0 Å². The molecule has 0 saturated carbocycles. The van der Waals surface area contributed by atoms with Crippen molar-refractivity contribution in [3.05, 3.63) is 28.2 Å². The highest BCUT2D eigenvalue weighted by molar-refractivity contribution is 9.10. The maximum absolute atomic E-state index is 9.51. The molecule has 16 heavy (non-hydrogen) atoms. The summed E-state index contributed by atoms with van der Waals surface area (Å²) in [6.07, 6.45) is -1.56. The van der Waals surface area contributed by atoms with E-state index in [1.807, 2.05) is 0 Å². The Morgan fingerprint density at radius 2 is 2.06 bits per heavy atom. The van der Waals surface area contributed by atoms with Gasteiger partial charge in [-0.3, -0.25) is 0 Å². The first-order valence-electron chi connectivity index (χ1n) is 4.93. The normalized spacial score (nSPS) is 14.6. The van der Waals surface area contributed by atoms with Gasteiger partial charge in [-0.25, -0.2) is 0 Å². The summed E-state index contributed by atoms with van der Waals surface area (Å²) < 4.78 is 6.16. The third-order valence-electron chi connectivity index (χ3n) is 2.07.